The van der Waals surface area contributed by atoms with Gasteiger partial charge in [-0.25, -0.2) is 0 Å². The maximum absolute atomic E-state index is 2.45. The van der Waals surface area contributed by atoms with E-state index < -0.39 is 0 Å². The maximum atomic E-state index is 2.45. The van der Waals surface area contributed by atoms with E-state index in [1.54, 1.807) is 0 Å². The van der Waals surface area contributed by atoms with E-state index in [2.05, 4.69) is 41.1 Å². The van der Waals surface area contributed by atoms with E-state index in [-0.39, 0.29) is 0 Å². The van der Waals surface area contributed by atoms with E-state index in [1.807, 2.05) is 0 Å². The first-order valence-electron chi connectivity index (χ1n) is 8.96. The second kappa shape index (κ2) is 5.91. The van der Waals surface area contributed by atoms with Crippen molar-refractivity contribution in [1.29, 1.82) is 0 Å². The van der Waals surface area contributed by atoms with Gasteiger partial charge in [0.05, 0.1) is 0 Å². The lowest BCUT2D eigenvalue weighted by Gasteiger charge is -2.40. The highest BCUT2D eigenvalue weighted by molar-refractivity contribution is 6.62. The molecule has 0 amide bonds. The number of nitrogens with zero attached hydrogens (tertiary/aromatic N) is 1. The van der Waals surface area contributed by atoms with Crippen LogP contribution in [0.25, 0.3) is 10.9 Å². The fourth-order valence-electron chi connectivity index (χ4n) is 5.12. The van der Waals surface area contributed by atoms with Gasteiger partial charge in [0.25, 0.3) is 0 Å². The Balaban J connectivity index is 1.39. The average molecular weight is 279 g/mol. The summed E-state index contributed by atoms with van der Waals surface area (Å²) in [7, 11) is 0. The molecule has 0 N–H and O–H groups in total. The lowest BCUT2D eigenvalue weighted by molar-refractivity contribution is 0.439. The second-order valence-electron chi connectivity index (χ2n) is 7.26. The van der Waals surface area contributed by atoms with E-state index in [9.17, 15) is 0 Å². The first kappa shape index (κ1) is 13.5. The highest BCUT2D eigenvalue weighted by Gasteiger charge is 2.38. The number of hydrogen-bond acceptors (Lipinski definition) is 0. The number of fused-ring (bicyclic) bond motifs is 3. The smallest absolute Gasteiger partial charge is 0.146 e. The van der Waals surface area contributed by atoms with E-state index >= 15 is 0 Å². The zero-order valence-electron chi connectivity index (χ0n) is 13.0. The summed E-state index contributed by atoms with van der Waals surface area (Å²) in [5, 5.41) is 1.38. The molecule has 0 saturated carbocycles. The number of hydrogen-bond donors (Lipinski definition) is 0. The number of benzene rings is 1. The van der Waals surface area contributed by atoms with Crippen LogP contribution in [-0.2, 0) is 6.54 Å². The third-order valence-corrected chi connectivity index (χ3v) is 6.13. The molecule has 1 nitrogen and oxygen atoms in total. The molecule has 2 bridgehead atoms. The third-order valence-electron chi connectivity index (χ3n) is 6.13. The Labute approximate surface area is 128 Å². The number of rotatable bonds is 4. The molecule has 2 fully saturated rings. The normalized spacial score (nSPS) is 25.4. The standard InChI is InChI=1S/C19H26BN/c1-2-11-19-16(6-1)12-15-21(19)14-5-13-20-17-7-3-8-18(20)10-4-9-17/h1-2,6,11-12,15,17-18H,3-5,7-10,13-14H2. The second-order valence-corrected chi connectivity index (χ2v) is 7.26. The summed E-state index contributed by atoms with van der Waals surface area (Å²) in [4.78, 5) is 0. The van der Waals surface area contributed by atoms with Crippen molar-refractivity contribution >= 4 is 17.6 Å². The van der Waals surface area contributed by atoms with Crippen molar-refractivity contribution in [3.63, 3.8) is 0 Å². The van der Waals surface area contributed by atoms with E-state index in [0.717, 1.165) is 18.3 Å². The average Bonchev–Trinajstić information content (AvgIpc) is 2.90. The minimum Gasteiger partial charge on any atom is -0.348 e. The summed E-state index contributed by atoms with van der Waals surface area (Å²) < 4.78 is 2.45. The van der Waals surface area contributed by atoms with Crippen molar-refractivity contribution in [2.24, 2.45) is 0 Å². The molecule has 1 aromatic carbocycles. The Morgan fingerprint density at radius 1 is 0.952 bits per heavy atom. The highest BCUT2D eigenvalue weighted by atomic mass is 14.9. The molecule has 110 valence electrons. The first-order chi connectivity index (χ1) is 10.4. The fraction of sp³-hybridized carbons (Fsp3) is 0.579. The van der Waals surface area contributed by atoms with Crippen LogP contribution in [0.4, 0.5) is 0 Å². The monoisotopic (exact) mass is 279 g/mol. The van der Waals surface area contributed by atoms with Crippen LogP contribution in [0.2, 0.25) is 18.0 Å². The van der Waals surface area contributed by atoms with Gasteiger partial charge < -0.3 is 4.57 Å². The Bertz CT molecular complexity index is 580. The first-order valence-corrected chi connectivity index (χ1v) is 8.96. The maximum Gasteiger partial charge on any atom is 0.146 e. The zero-order valence-corrected chi connectivity index (χ0v) is 13.0. The third kappa shape index (κ3) is 2.65. The predicted octanol–water partition coefficient (Wildman–Crippen LogP) is 5.63. The van der Waals surface area contributed by atoms with Gasteiger partial charge in [-0.1, -0.05) is 74.7 Å². The lowest BCUT2D eigenvalue weighted by atomic mass is 9.26. The Hall–Kier alpha value is -1.18. The molecule has 0 unspecified atom stereocenters. The minimum absolute atomic E-state index is 1.05. The van der Waals surface area contributed by atoms with E-state index in [4.69, 9.17) is 0 Å². The van der Waals surface area contributed by atoms with Crippen LogP contribution in [0.3, 0.4) is 0 Å². The molecular formula is C19H26BN. The fourth-order valence-corrected chi connectivity index (χ4v) is 5.12. The van der Waals surface area contributed by atoms with E-state index in [0.29, 0.717) is 0 Å². The van der Waals surface area contributed by atoms with Gasteiger partial charge in [-0.2, -0.15) is 0 Å². The Morgan fingerprint density at radius 2 is 1.67 bits per heavy atom. The van der Waals surface area contributed by atoms with Crippen molar-refractivity contribution in [1.82, 2.24) is 4.57 Å². The van der Waals surface area contributed by atoms with Crippen molar-refractivity contribution in [2.75, 3.05) is 0 Å². The molecule has 2 heteroatoms. The van der Waals surface area contributed by atoms with Crippen LogP contribution < -0.4 is 0 Å². The quantitative estimate of drug-likeness (QED) is 0.639. The summed E-state index contributed by atoms with van der Waals surface area (Å²) in [6.45, 7) is 2.25. The summed E-state index contributed by atoms with van der Waals surface area (Å²) in [5.41, 5.74) is 1.40. The summed E-state index contributed by atoms with van der Waals surface area (Å²) in [6, 6.07) is 11.0. The summed E-state index contributed by atoms with van der Waals surface area (Å²) >= 11 is 0. The minimum atomic E-state index is 1.05. The number of para-hydroxylation sites is 1. The zero-order chi connectivity index (χ0) is 14.1. The molecule has 3 heterocycles. The largest absolute Gasteiger partial charge is 0.348 e. The molecule has 2 saturated heterocycles. The highest BCUT2D eigenvalue weighted by Crippen LogP contribution is 2.48. The van der Waals surface area contributed by atoms with Crippen molar-refractivity contribution in [3.8, 4) is 0 Å². The van der Waals surface area contributed by atoms with Gasteiger partial charge in [0.2, 0.25) is 0 Å². The van der Waals surface area contributed by atoms with Crippen molar-refractivity contribution < 1.29 is 0 Å². The Morgan fingerprint density at radius 3 is 2.43 bits per heavy atom. The molecule has 0 aliphatic carbocycles. The van der Waals surface area contributed by atoms with Crippen LogP contribution in [-0.4, -0.2) is 11.3 Å². The van der Waals surface area contributed by atoms with Crippen LogP contribution in [0.1, 0.15) is 44.9 Å². The van der Waals surface area contributed by atoms with Gasteiger partial charge in [0.15, 0.2) is 0 Å². The van der Waals surface area contributed by atoms with Gasteiger partial charge in [-0.15, -0.1) is 0 Å². The van der Waals surface area contributed by atoms with Crippen LogP contribution in [0.5, 0.6) is 0 Å². The number of aryl methyl sites for hydroxylation is 1. The molecule has 21 heavy (non-hydrogen) atoms. The number of aromatic nitrogens is 1. The van der Waals surface area contributed by atoms with Gasteiger partial charge in [-0.3, -0.25) is 0 Å². The molecule has 0 atom stereocenters. The molecule has 1 aromatic heterocycles. The molecule has 2 aliphatic rings. The van der Waals surface area contributed by atoms with E-state index in [1.165, 1.54) is 68.7 Å². The predicted molar refractivity (Wildman–Crippen MR) is 92.3 cm³/mol. The molecule has 0 radical (unpaired) electrons. The topological polar surface area (TPSA) is 4.93 Å². The van der Waals surface area contributed by atoms with Crippen LogP contribution in [0, 0.1) is 0 Å². The van der Waals surface area contributed by atoms with Crippen LogP contribution >= 0.6 is 0 Å². The summed E-state index contributed by atoms with van der Waals surface area (Å²) in [6.07, 6.45) is 14.2. The Kier molecular flexibility index (Phi) is 3.79. The lowest BCUT2D eigenvalue weighted by Crippen LogP contribution is -2.34. The molecule has 2 aliphatic heterocycles. The molecular weight excluding hydrogens is 253 g/mol. The van der Waals surface area contributed by atoms with Crippen LogP contribution in [0.15, 0.2) is 36.5 Å². The van der Waals surface area contributed by atoms with Crippen molar-refractivity contribution in [2.45, 2.75) is 69.4 Å². The summed E-state index contributed by atoms with van der Waals surface area (Å²) in [5.74, 6) is 2.14. The van der Waals surface area contributed by atoms with Gasteiger partial charge in [0.1, 0.15) is 6.71 Å². The van der Waals surface area contributed by atoms with Gasteiger partial charge in [-0.05, 0) is 23.9 Å². The molecule has 4 rings (SSSR count). The SMILES string of the molecule is c1ccc2c(c1)ccn2CCCB1C2CCCC1CCC2. The molecule has 2 aromatic rings. The molecule has 0 spiro atoms. The van der Waals surface area contributed by atoms with Crippen molar-refractivity contribution in [3.05, 3.63) is 36.5 Å². The van der Waals surface area contributed by atoms with Gasteiger partial charge in [0, 0.05) is 18.3 Å². The van der Waals surface area contributed by atoms with Gasteiger partial charge >= 0.3 is 0 Å².